The maximum absolute atomic E-state index is 12.4. The Morgan fingerprint density at radius 3 is 2.33 bits per heavy atom. The third kappa shape index (κ3) is 5.04. The lowest BCUT2D eigenvalue weighted by Gasteiger charge is -2.33. The van der Waals surface area contributed by atoms with Crippen molar-refractivity contribution in [1.29, 1.82) is 5.26 Å². The van der Waals surface area contributed by atoms with E-state index in [9.17, 15) is 14.9 Å². The standard InChI is InChI=1S/C18H22N4O5/c1-25-15-5-4-14(10-16(15)26-2)20-17(23)13(11-19)12-21-6-8-22(9-7-21)18(24)27-3/h4-5,10,12H,6-9H2,1-3H3,(H,20,23)/b13-12-. The molecule has 9 heteroatoms. The van der Waals surface area contributed by atoms with Crippen LogP contribution in [0, 0.1) is 11.3 Å². The number of rotatable bonds is 5. The average Bonchev–Trinajstić information content (AvgIpc) is 2.71. The van der Waals surface area contributed by atoms with Crippen LogP contribution in [0.4, 0.5) is 10.5 Å². The van der Waals surface area contributed by atoms with Gasteiger partial charge in [0.25, 0.3) is 5.91 Å². The summed E-state index contributed by atoms with van der Waals surface area (Å²) in [5.41, 5.74) is 0.450. The summed E-state index contributed by atoms with van der Waals surface area (Å²) in [6.45, 7) is 1.92. The predicted molar refractivity (Wildman–Crippen MR) is 97.4 cm³/mol. The number of anilines is 1. The van der Waals surface area contributed by atoms with Crippen LogP contribution in [-0.2, 0) is 9.53 Å². The number of nitriles is 1. The molecule has 1 fully saturated rings. The molecule has 0 aromatic heterocycles. The molecule has 1 aliphatic rings. The molecule has 1 heterocycles. The molecule has 27 heavy (non-hydrogen) atoms. The van der Waals surface area contributed by atoms with Gasteiger partial charge in [0, 0.05) is 44.1 Å². The van der Waals surface area contributed by atoms with Crippen molar-refractivity contribution in [1.82, 2.24) is 9.80 Å². The highest BCUT2D eigenvalue weighted by atomic mass is 16.5. The van der Waals surface area contributed by atoms with E-state index < -0.39 is 5.91 Å². The third-order valence-electron chi connectivity index (χ3n) is 4.07. The zero-order valence-electron chi connectivity index (χ0n) is 15.5. The molecule has 2 rings (SSSR count). The molecular formula is C18H22N4O5. The fraction of sp³-hybridized carbons (Fsp3) is 0.389. The van der Waals surface area contributed by atoms with Crippen LogP contribution in [0.1, 0.15) is 0 Å². The van der Waals surface area contributed by atoms with Gasteiger partial charge in [-0.2, -0.15) is 5.26 Å². The topological polar surface area (TPSA) is 104 Å². The van der Waals surface area contributed by atoms with Crippen molar-refractivity contribution in [2.45, 2.75) is 0 Å². The maximum Gasteiger partial charge on any atom is 0.409 e. The first-order chi connectivity index (χ1) is 13.0. The van der Waals surface area contributed by atoms with Crippen molar-refractivity contribution in [2.24, 2.45) is 0 Å². The molecular weight excluding hydrogens is 352 g/mol. The molecule has 0 atom stereocenters. The molecule has 1 saturated heterocycles. The Bertz CT molecular complexity index is 764. The summed E-state index contributed by atoms with van der Waals surface area (Å²) >= 11 is 0. The van der Waals surface area contributed by atoms with Gasteiger partial charge in [0.1, 0.15) is 11.6 Å². The molecule has 0 radical (unpaired) electrons. The van der Waals surface area contributed by atoms with Gasteiger partial charge in [0.15, 0.2) is 11.5 Å². The minimum Gasteiger partial charge on any atom is -0.493 e. The molecule has 9 nitrogen and oxygen atoms in total. The lowest BCUT2D eigenvalue weighted by molar-refractivity contribution is -0.112. The number of hydrogen-bond donors (Lipinski definition) is 1. The van der Waals surface area contributed by atoms with Crippen LogP contribution in [0.25, 0.3) is 0 Å². The molecule has 0 bridgehead atoms. The Labute approximate surface area is 157 Å². The predicted octanol–water partition coefficient (Wildman–Crippen LogP) is 1.43. The van der Waals surface area contributed by atoms with Crippen LogP contribution in [0.2, 0.25) is 0 Å². The highest BCUT2D eigenvalue weighted by molar-refractivity contribution is 6.06. The smallest absolute Gasteiger partial charge is 0.409 e. The number of carbonyl (C=O) groups is 2. The first-order valence-electron chi connectivity index (χ1n) is 8.24. The number of benzene rings is 1. The first-order valence-corrected chi connectivity index (χ1v) is 8.24. The Balaban J connectivity index is 2.03. The van der Waals surface area contributed by atoms with Gasteiger partial charge >= 0.3 is 6.09 Å². The van der Waals surface area contributed by atoms with E-state index in [-0.39, 0.29) is 11.7 Å². The van der Waals surface area contributed by atoms with E-state index in [1.165, 1.54) is 27.5 Å². The molecule has 1 aromatic rings. The van der Waals surface area contributed by atoms with Crippen LogP contribution in [0.3, 0.4) is 0 Å². The van der Waals surface area contributed by atoms with Gasteiger partial charge in [-0.05, 0) is 12.1 Å². The van der Waals surface area contributed by atoms with E-state index in [0.29, 0.717) is 43.4 Å². The second-order valence-corrected chi connectivity index (χ2v) is 5.67. The fourth-order valence-electron chi connectivity index (χ4n) is 2.60. The van der Waals surface area contributed by atoms with Gasteiger partial charge < -0.3 is 29.3 Å². The van der Waals surface area contributed by atoms with E-state index in [1.807, 2.05) is 11.0 Å². The first kappa shape index (κ1) is 19.9. The summed E-state index contributed by atoms with van der Waals surface area (Å²) in [5.74, 6) is 0.479. The minimum atomic E-state index is -0.528. The van der Waals surface area contributed by atoms with Crippen molar-refractivity contribution in [3.05, 3.63) is 30.0 Å². The summed E-state index contributed by atoms with van der Waals surface area (Å²) < 4.78 is 15.0. The Morgan fingerprint density at radius 1 is 1.11 bits per heavy atom. The molecule has 1 N–H and O–H groups in total. The van der Waals surface area contributed by atoms with Crippen LogP contribution >= 0.6 is 0 Å². The quantitative estimate of drug-likeness (QED) is 0.614. The maximum atomic E-state index is 12.4. The number of carbonyl (C=O) groups excluding carboxylic acids is 2. The fourth-order valence-corrected chi connectivity index (χ4v) is 2.60. The molecule has 0 saturated carbocycles. The summed E-state index contributed by atoms with van der Waals surface area (Å²) in [5, 5.41) is 12.0. The van der Waals surface area contributed by atoms with Crippen molar-refractivity contribution in [3.8, 4) is 17.6 Å². The number of hydrogen-bond acceptors (Lipinski definition) is 7. The monoisotopic (exact) mass is 374 g/mol. The zero-order valence-corrected chi connectivity index (χ0v) is 15.5. The van der Waals surface area contributed by atoms with E-state index in [2.05, 4.69) is 10.1 Å². The molecule has 0 spiro atoms. The van der Waals surface area contributed by atoms with Crippen LogP contribution < -0.4 is 14.8 Å². The van der Waals surface area contributed by atoms with Gasteiger partial charge in [-0.3, -0.25) is 4.79 Å². The highest BCUT2D eigenvalue weighted by Gasteiger charge is 2.21. The number of nitrogens with one attached hydrogen (secondary N) is 1. The summed E-state index contributed by atoms with van der Waals surface area (Å²) in [7, 11) is 4.35. The average molecular weight is 374 g/mol. The van der Waals surface area contributed by atoms with Gasteiger partial charge in [0.2, 0.25) is 0 Å². The normalized spacial score (nSPS) is 14.2. The Kier molecular flexibility index (Phi) is 6.88. The molecule has 2 amide bonds. The van der Waals surface area contributed by atoms with Crippen molar-refractivity contribution in [2.75, 3.05) is 52.8 Å². The lowest BCUT2D eigenvalue weighted by Crippen LogP contribution is -2.47. The number of nitrogens with zero attached hydrogens (tertiary/aromatic N) is 3. The van der Waals surface area contributed by atoms with E-state index >= 15 is 0 Å². The van der Waals surface area contributed by atoms with Gasteiger partial charge in [-0.15, -0.1) is 0 Å². The van der Waals surface area contributed by atoms with Crippen molar-refractivity contribution < 1.29 is 23.8 Å². The van der Waals surface area contributed by atoms with Crippen LogP contribution in [0.15, 0.2) is 30.0 Å². The number of methoxy groups -OCH3 is 3. The molecule has 1 aliphatic heterocycles. The SMILES string of the molecule is COC(=O)N1CCN(/C=C(/C#N)C(=O)Nc2ccc(OC)c(OC)c2)CC1. The minimum absolute atomic E-state index is 0.0312. The zero-order chi connectivity index (χ0) is 19.8. The van der Waals surface area contributed by atoms with Crippen molar-refractivity contribution in [3.63, 3.8) is 0 Å². The van der Waals surface area contributed by atoms with Crippen molar-refractivity contribution >= 4 is 17.7 Å². The van der Waals surface area contributed by atoms with Gasteiger partial charge in [-0.25, -0.2) is 4.79 Å². The van der Waals surface area contributed by atoms with Crippen LogP contribution in [-0.4, -0.2) is 69.3 Å². The lowest BCUT2D eigenvalue weighted by atomic mass is 10.2. The van der Waals surface area contributed by atoms with E-state index in [0.717, 1.165) is 0 Å². The summed E-state index contributed by atoms with van der Waals surface area (Å²) in [6.07, 6.45) is 1.12. The largest absolute Gasteiger partial charge is 0.493 e. The van der Waals surface area contributed by atoms with Gasteiger partial charge in [-0.1, -0.05) is 0 Å². The van der Waals surface area contributed by atoms with Crippen LogP contribution in [0.5, 0.6) is 11.5 Å². The molecule has 0 unspecified atom stereocenters. The Hall–Kier alpha value is -3.41. The number of amides is 2. The number of ether oxygens (including phenoxy) is 3. The third-order valence-corrected chi connectivity index (χ3v) is 4.07. The second-order valence-electron chi connectivity index (χ2n) is 5.67. The molecule has 0 aliphatic carbocycles. The number of piperazine rings is 1. The highest BCUT2D eigenvalue weighted by Crippen LogP contribution is 2.29. The Morgan fingerprint density at radius 2 is 1.78 bits per heavy atom. The molecule has 144 valence electrons. The van der Waals surface area contributed by atoms with E-state index in [1.54, 1.807) is 23.1 Å². The molecule has 1 aromatic carbocycles. The summed E-state index contributed by atoms with van der Waals surface area (Å²) in [4.78, 5) is 27.3. The second kappa shape index (κ2) is 9.33. The van der Waals surface area contributed by atoms with Gasteiger partial charge in [0.05, 0.1) is 21.3 Å². The van der Waals surface area contributed by atoms with E-state index in [4.69, 9.17) is 9.47 Å². The summed E-state index contributed by atoms with van der Waals surface area (Å²) in [6, 6.07) is 6.84.